The van der Waals surface area contributed by atoms with E-state index in [4.69, 9.17) is 5.73 Å². The van der Waals surface area contributed by atoms with E-state index in [1.54, 1.807) is 0 Å². The third-order valence-electron chi connectivity index (χ3n) is 6.02. The summed E-state index contributed by atoms with van der Waals surface area (Å²) in [5.74, 6) is -0.211. The Hall–Kier alpha value is -2.11. The van der Waals surface area contributed by atoms with Crippen LogP contribution in [0.3, 0.4) is 0 Å². The number of hydrogen-bond donors (Lipinski definition) is 2. The summed E-state index contributed by atoms with van der Waals surface area (Å²) in [6.45, 7) is 0.876. The molecule has 0 aromatic heterocycles. The van der Waals surface area contributed by atoms with Crippen molar-refractivity contribution in [1.82, 2.24) is 10.2 Å². The largest absolute Gasteiger partial charge is 0.348 e. The van der Waals surface area contributed by atoms with E-state index in [1.807, 2.05) is 23.1 Å². The zero-order valence-electron chi connectivity index (χ0n) is 16.0. The molecule has 0 radical (unpaired) electrons. The van der Waals surface area contributed by atoms with Crippen LogP contribution in [0.4, 0.5) is 0 Å². The number of carbonyl (C=O) groups excluding carboxylic acids is 2. The summed E-state index contributed by atoms with van der Waals surface area (Å²) in [7, 11) is 0. The molecule has 1 aliphatic heterocycles. The molecule has 2 unspecified atom stereocenters. The van der Waals surface area contributed by atoms with Gasteiger partial charge in [-0.3, -0.25) is 9.59 Å². The van der Waals surface area contributed by atoms with Gasteiger partial charge < -0.3 is 16.0 Å². The molecule has 28 heavy (non-hydrogen) atoms. The van der Waals surface area contributed by atoms with Crippen LogP contribution < -0.4 is 11.1 Å². The summed E-state index contributed by atoms with van der Waals surface area (Å²) >= 11 is 0. The van der Waals surface area contributed by atoms with Crippen molar-refractivity contribution in [3.63, 3.8) is 0 Å². The molecule has 2 atom stereocenters. The number of carbonyl (C=O) groups is 2. The standard InChI is InChI=1S/C22H27N3O2.ClH/c23-13-20(17-10-9-15-5-1-2-6-16(15)11-17)24-22(27)18-12-21(26)25(14-18)19-7-3-4-8-19;/h1-2,5-6,9-11,18-20H,3-4,7-8,12-14,23H2,(H,24,27);1H. The van der Waals surface area contributed by atoms with Crippen LogP contribution >= 0.6 is 12.4 Å². The lowest BCUT2D eigenvalue weighted by Gasteiger charge is -2.24. The highest BCUT2D eigenvalue weighted by molar-refractivity contribution is 5.90. The van der Waals surface area contributed by atoms with Crippen molar-refractivity contribution in [3.8, 4) is 0 Å². The average Bonchev–Trinajstić information content (AvgIpc) is 3.35. The minimum atomic E-state index is -0.271. The molecule has 2 amide bonds. The minimum Gasteiger partial charge on any atom is -0.348 e. The van der Waals surface area contributed by atoms with Crippen molar-refractivity contribution in [1.29, 1.82) is 0 Å². The second-order valence-electron chi connectivity index (χ2n) is 7.79. The Morgan fingerprint density at radius 1 is 1.14 bits per heavy atom. The fourth-order valence-corrected chi connectivity index (χ4v) is 4.47. The first-order valence-electron chi connectivity index (χ1n) is 9.94. The van der Waals surface area contributed by atoms with Gasteiger partial charge in [0.25, 0.3) is 0 Å². The zero-order valence-corrected chi connectivity index (χ0v) is 16.8. The third-order valence-corrected chi connectivity index (χ3v) is 6.02. The topological polar surface area (TPSA) is 75.4 Å². The summed E-state index contributed by atoms with van der Waals surface area (Å²) in [4.78, 5) is 27.1. The van der Waals surface area contributed by atoms with Gasteiger partial charge in [-0.15, -0.1) is 12.4 Å². The Balaban J connectivity index is 0.00000225. The lowest BCUT2D eigenvalue weighted by molar-refractivity contribution is -0.130. The minimum absolute atomic E-state index is 0. The lowest BCUT2D eigenvalue weighted by atomic mass is 10.0. The number of nitrogens with one attached hydrogen (secondary N) is 1. The Morgan fingerprint density at radius 2 is 1.86 bits per heavy atom. The Morgan fingerprint density at radius 3 is 2.57 bits per heavy atom. The zero-order chi connectivity index (χ0) is 18.8. The number of nitrogens with zero attached hydrogens (tertiary/aromatic N) is 1. The molecule has 1 saturated carbocycles. The van der Waals surface area contributed by atoms with Gasteiger partial charge in [-0.1, -0.05) is 49.2 Å². The summed E-state index contributed by atoms with van der Waals surface area (Å²) in [5.41, 5.74) is 6.96. The quantitative estimate of drug-likeness (QED) is 0.807. The normalized spacial score (nSPS) is 21.0. The molecule has 1 aliphatic carbocycles. The van der Waals surface area contributed by atoms with Crippen molar-refractivity contribution < 1.29 is 9.59 Å². The summed E-state index contributed by atoms with van der Waals surface area (Å²) < 4.78 is 0. The first kappa shape index (κ1) is 20.6. The molecule has 1 heterocycles. The van der Waals surface area contributed by atoms with Gasteiger partial charge in [0.05, 0.1) is 12.0 Å². The maximum absolute atomic E-state index is 12.8. The number of fused-ring (bicyclic) bond motifs is 1. The molecule has 0 spiro atoms. The average molecular weight is 402 g/mol. The molecule has 2 aromatic rings. The van der Waals surface area contributed by atoms with Gasteiger partial charge in [-0.05, 0) is 35.2 Å². The number of benzene rings is 2. The van der Waals surface area contributed by atoms with E-state index in [-0.39, 0.29) is 36.2 Å². The van der Waals surface area contributed by atoms with Gasteiger partial charge in [0.2, 0.25) is 11.8 Å². The monoisotopic (exact) mass is 401 g/mol. The van der Waals surface area contributed by atoms with Crippen molar-refractivity contribution in [3.05, 3.63) is 48.0 Å². The molecule has 2 aliphatic rings. The Bertz CT molecular complexity index is 851. The van der Waals surface area contributed by atoms with E-state index in [2.05, 4.69) is 29.6 Å². The molecule has 2 fully saturated rings. The molecule has 1 saturated heterocycles. The van der Waals surface area contributed by atoms with Gasteiger partial charge in [-0.25, -0.2) is 0 Å². The highest BCUT2D eigenvalue weighted by Crippen LogP contribution is 2.30. The molecular formula is C22H28ClN3O2. The number of halogens is 1. The number of nitrogens with two attached hydrogens (primary N) is 1. The van der Waals surface area contributed by atoms with Crippen molar-refractivity contribution in [2.24, 2.45) is 11.7 Å². The summed E-state index contributed by atoms with van der Waals surface area (Å²) in [6, 6.07) is 14.4. The van der Waals surface area contributed by atoms with Crippen molar-refractivity contribution >= 4 is 35.0 Å². The van der Waals surface area contributed by atoms with Crippen LogP contribution in [0.2, 0.25) is 0 Å². The molecule has 4 rings (SSSR count). The van der Waals surface area contributed by atoms with Crippen LogP contribution in [0.25, 0.3) is 10.8 Å². The van der Waals surface area contributed by atoms with Crippen LogP contribution in [0.5, 0.6) is 0 Å². The lowest BCUT2D eigenvalue weighted by Crippen LogP contribution is -2.39. The van der Waals surface area contributed by atoms with Gasteiger partial charge in [0.1, 0.15) is 0 Å². The van der Waals surface area contributed by atoms with Gasteiger partial charge in [-0.2, -0.15) is 0 Å². The molecule has 5 nitrogen and oxygen atoms in total. The van der Waals surface area contributed by atoms with Gasteiger partial charge in [0, 0.05) is 25.6 Å². The number of amides is 2. The molecule has 150 valence electrons. The van der Waals surface area contributed by atoms with Crippen LogP contribution in [-0.4, -0.2) is 35.8 Å². The smallest absolute Gasteiger partial charge is 0.225 e. The van der Waals surface area contributed by atoms with Crippen LogP contribution in [0.1, 0.15) is 43.7 Å². The Kier molecular flexibility index (Phi) is 6.57. The predicted octanol–water partition coefficient (Wildman–Crippen LogP) is 3.17. The van der Waals surface area contributed by atoms with E-state index in [1.165, 1.54) is 12.8 Å². The summed E-state index contributed by atoms with van der Waals surface area (Å²) in [6.07, 6.45) is 4.83. The van der Waals surface area contributed by atoms with E-state index in [0.717, 1.165) is 29.2 Å². The molecule has 6 heteroatoms. The molecule has 3 N–H and O–H groups in total. The van der Waals surface area contributed by atoms with E-state index < -0.39 is 0 Å². The van der Waals surface area contributed by atoms with Gasteiger partial charge >= 0.3 is 0 Å². The predicted molar refractivity (Wildman–Crippen MR) is 113 cm³/mol. The van der Waals surface area contributed by atoms with Gasteiger partial charge in [0.15, 0.2) is 0 Å². The third kappa shape index (κ3) is 4.15. The highest BCUT2D eigenvalue weighted by atomic mass is 35.5. The SMILES string of the molecule is Cl.NCC(NC(=O)C1CC(=O)N(C2CCCC2)C1)c1ccc2ccccc2c1. The molecular weight excluding hydrogens is 374 g/mol. The second kappa shape index (κ2) is 8.93. The van der Waals surface area contributed by atoms with Crippen molar-refractivity contribution in [2.45, 2.75) is 44.2 Å². The van der Waals surface area contributed by atoms with E-state index in [0.29, 0.717) is 25.6 Å². The number of hydrogen-bond acceptors (Lipinski definition) is 3. The molecule has 2 aromatic carbocycles. The van der Waals surface area contributed by atoms with Crippen LogP contribution in [0.15, 0.2) is 42.5 Å². The van der Waals surface area contributed by atoms with Crippen LogP contribution in [-0.2, 0) is 9.59 Å². The maximum atomic E-state index is 12.8. The molecule has 0 bridgehead atoms. The fourth-order valence-electron chi connectivity index (χ4n) is 4.47. The second-order valence-corrected chi connectivity index (χ2v) is 7.79. The number of likely N-dealkylation sites (tertiary alicyclic amines) is 1. The van der Waals surface area contributed by atoms with Crippen molar-refractivity contribution in [2.75, 3.05) is 13.1 Å². The highest BCUT2D eigenvalue weighted by Gasteiger charge is 2.39. The number of rotatable bonds is 5. The Labute approximate surface area is 172 Å². The first-order chi connectivity index (χ1) is 13.2. The first-order valence-corrected chi connectivity index (χ1v) is 9.94. The maximum Gasteiger partial charge on any atom is 0.225 e. The van der Waals surface area contributed by atoms with E-state index in [9.17, 15) is 9.59 Å². The van der Waals surface area contributed by atoms with E-state index >= 15 is 0 Å². The van der Waals surface area contributed by atoms with Crippen LogP contribution in [0, 0.1) is 5.92 Å². The fraction of sp³-hybridized carbons (Fsp3) is 0.455. The summed E-state index contributed by atoms with van der Waals surface area (Å²) in [5, 5.41) is 5.37.